The van der Waals surface area contributed by atoms with E-state index in [-0.39, 0.29) is 12.6 Å². The Morgan fingerprint density at radius 1 is 1.47 bits per heavy atom. The largest absolute Gasteiger partial charge is 0.448 e. The molecule has 1 unspecified atom stereocenters. The van der Waals surface area contributed by atoms with E-state index in [1.807, 2.05) is 37.3 Å². The lowest BCUT2D eigenvalue weighted by Gasteiger charge is -2.13. The lowest BCUT2D eigenvalue weighted by Crippen LogP contribution is -2.27. The Labute approximate surface area is 94.4 Å². The van der Waals surface area contributed by atoms with Crippen molar-refractivity contribution in [1.82, 2.24) is 5.32 Å². The third-order valence-corrected chi connectivity index (χ3v) is 2.10. The fourth-order valence-corrected chi connectivity index (χ4v) is 1.25. The Hall–Kier alpha value is -1.22. The van der Waals surface area contributed by atoms with Crippen molar-refractivity contribution in [2.75, 3.05) is 12.5 Å². The van der Waals surface area contributed by atoms with E-state index in [2.05, 4.69) is 5.32 Å². The average molecular weight is 228 g/mol. The quantitative estimate of drug-likeness (QED) is 0.804. The van der Waals surface area contributed by atoms with E-state index >= 15 is 0 Å². The van der Waals surface area contributed by atoms with Gasteiger partial charge < -0.3 is 10.1 Å². The molecule has 0 spiro atoms. The number of hydrogen-bond acceptors (Lipinski definition) is 2. The van der Waals surface area contributed by atoms with Gasteiger partial charge in [-0.2, -0.15) is 0 Å². The molecule has 1 aromatic rings. The monoisotopic (exact) mass is 227 g/mol. The number of hydrogen-bond donors (Lipinski definition) is 1. The maximum absolute atomic E-state index is 11.2. The first-order chi connectivity index (χ1) is 7.24. The summed E-state index contributed by atoms with van der Waals surface area (Å²) < 4.78 is 4.80. The number of alkyl halides is 1. The summed E-state index contributed by atoms with van der Waals surface area (Å²) in [5.41, 5.74) is 1.04. The van der Waals surface area contributed by atoms with Gasteiger partial charge in [-0.25, -0.2) is 4.79 Å². The zero-order chi connectivity index (χ0) is 11.1. The molecule has 0 radical (unpaired) electrons. The zero-order valence-corrected chi connectivity index (χ0v) is 9.33. The highest BCUT2D eigenvalue weighted by Crippen LogP contribution is 2.10. The SMILES string of the molecule is CC(NC(=O)OCCCl)c1ccccc1. The summed E-state index contributed by atoms with van der Waals surface area (Å²) in [4.78, 5) is 11.2. The maximum Gasteiger partial charge on any atom is 0.407 e. The van der Waals surface area contributed by atoms with Gasteiger partial charge >= 0.3 is 6.09 Å². The van der Waals surface area contributed by atoms with Gasteiger partial charge in [0.25, 0.3) is 0 Å². The van der Waals surface area contributed by atoms with E-state index in [1.54, 1.807) is 0 Å². The third-order valence-electron chi connectivity index (χ3n) is 1.94. The number of nitrogens with one attached hydrogen (secondary N) is 1. The first-order valence-electron chi connectivity index (χ1n) is 4.78. The summed E-state index contributed by atoms with van der Waals surface area (Å²) in [5.74, 6) is 0.313. The van der Waals surface area contributed by atoms with E-state index in [0.29, 0.717) is 5.88 Å². The van der Waals surface area contributed by atoms with Crippen LogP contribution in [0.3, 0.4) is 0 Å². The van der Waals surface area contributed by atoms with E-state index in [4.69, 9.17) is 16.3 Å². The molecule has 1 N–H and O–H groups in total. The number of halogens is 1. The number of amides is 1. The van der Waals surface area contributed by atoms with Crippen molar-refractivity contribution in [3.05, 3.63) is 35.9 Å². The van der Waals surface area contributed by atoms with E-state index in [9.17, 15) is 4.79 Å². The third kappa shape index (κ3) is 4.21. The van der Waals surface area contributed by atoms with Crippen LogP contribution < -0.4 is 5.32 Å². The van der Waals surface area contributed by atoms with Crippen LogP contribution in [0.25, 0.3) is 0 Å². The number of carbonyl (C=O) groups excluding carboxylic acids is 1. The molecule has 3 nitrogen and oxygen atoms in total. The number of carbonyl (C=O) groups is 1. The van der Waals surface area contributed by atoms with Crippen LogP contribution in [0.2, 0.25) is 0 Å². The van der Waals surface area contributed by atoms with Crippen molar-refractivity contribution in [3.8, 4) is 0 Å². The molecule has 0 aromatic heterocycles. The molecule has 0 saturated heterocycles. The van der Waals surface area contributed by atoms with E-state index in [1.165, 1.54) is 0 Å². The molecular formula is C11H14ClNO2. The number of benzene rings is 1. The molecule has 1 rings (SSSR count). The predicted octanol–water partition coefficient (Wildman–Crippen LogP) is 2.71. The summed E-state index contributed by atoms with van der Waals surface area (Å²) in [6.07, 6.45) is -0.438. The molecule has 0 aliphatic rings. The summed E-state index contributed by atoms with van der Waals surface area (Å²) in [7, 11) is 0. The van der Waals surface area contributed by atoms with Crippen molar-refractivity contribution >= 4 is 17.7 Å². The van der Waals surface area contributed by atoms with Crippen LogP contribution in [0.1, 0.15) is 18.5 Å². The Bertz CT molecular complexity index is 303. The van der Waals surface area contributed by atoms with Gasteiger partial charge in [0, 0.05) is 0 Å². The van der Waals surface area contributed by atoms with Crippen LogP contribution in [0.15, 0.2) is 30.3 Å². The van der Waals surface area contributed by atoms with Crippen LogP contribution in [0.5, 0.6) is 0 Å². The average Bonchev–Trinajstić information content (AvgIpc) is 2.27. The van der Waals surface area contributed by atoms with Gasteiger partial charge in [0.05, 0.1) is 11.9 Å². The molecule has 0 bridgehead atoms. The molecule has 82 valence electrons. The summed E-state index contributed by atoms with van der Waals surface area (Å²) >= 11 is 5.39. The Morgan fingerprint density at radius 3 is 2.73 bits per heavy atom. The number of rotatable bonds is 4. The van der Waals surface area contributed by atoms with Crippen molar-refractivity contribution in [3.63, 3.8) is 0 Å². The summed E-state index contributed by atoms with van der Waals surface area (Å²) in [6, 6.07) is 9.63. The van der Waals surface area contributed by atoms with Crippen molar-refractivity contribution in [2.24, 2.45) is 0 Å². The second kappa shape index (κ2) is 6.30. The van der Waals surface area contributed by atoms with Gasteiger partial charge in [0.1, 0.15) is 6.61 Å². The molecule has 1 aromatic carbocycles. The molecule has 0 heterocycles. The number of ether oxygens (including phenoxy) is 1. The van der Waals surface area contributed by atoms with Crippen molar-refractivity contribution in [1.29, 1.82) is 0 Å². The highest BCUT2D eigenvalue weighted by molar-refractivity contribution is 6.18. The predicted molar refractivity (Wildman–Crippen MR) is 60.1 cm³/mol. The fourth-order valence-electron chi connectivity index (χ4n) is 1.17. The molecule has 0 saturated carbocycles. The number of alkyl carbamates (subject to hydrolysis) is 1. The lowest BCUT2D eigenvalue weighted by molar-refractivity contribution is 0.149. The van der Waals surface area contributed by atoms with Gasteiger partial charge in [-0.1, -0.05) is 30.3 Å². The topological polar surface area (TPSA) is 38.3 Å². The molecule has 1 atom stereocenters. The van der Waals surface area contributed by atoms with Gasteiger partial charge in [-0.05, 0) is 12.5 Å². The van der Waals surface area contributed by atoms with Crippen LogP contribution in [0, 0.1) is 0 Å². The van der Waals surface area contributed by atoms with Gasteiger partial charge in [-0.15, -0.1) is 11.6 Å². The highest BCUT2D eigenvalue weighted by Gasteiger charge is 2.08. The molecule has 0 aliphatic carbocycles. The second-order valence-corrected chi connectivity index (χ2v) is 3.48. The Morgan fingerprint density at radius 2 is 2.13 bits per heavy atom. The molecular weight excluding hydrogens is 214 g/mol. The molecule has 0 fully saturated rings. The maximum atomic E-state index is 11.2. The van der Waals surface area contributed by atoms with Crippen molar-refractivity contribution < 1.29 is 9.53 Å². The van der Waals surface area contributed by atoms with E-state index < -0.39 is 6.09 Å². The van der Waals surface area contributed by atoms with E-state index in [0.717, 1.165) is 5.56 Å². The van der Waals surface area contributed by atoms with Gasteiger partial charge in [-0.3, -0.25) is 0 Å². The normalized spacial score (nSPS) is 11.9. The van der Waals surface area contributed by atoms with Crippen LogP contribution >= 0.6 is 11.6 Å². The Kier molecular flexibility index (Phi) is 4.98. The molecule has 15 heavy (non-hydrogen) atoms. The van der Waals surface area contributed by atoms with Crippen LogP contribution in [-0.2, 0) is 4.74 Å². The van der Waals surface area contributed by atoms with Crippen molar-refractivity contribution in [2.45, 2.75) is 13.0 Å². The highest BCUT2D eigenvalue weighted by atomic mass is 35.5. The van der Waals surface area contributed by atoms with Crippen LogP contribution in [0.4, 0.5) is 4.79 Å². The van der Waals surface area contributed by atoms with Crippen LogP contribution in [-0.4, -0.2) is 18.6 Å². The summed E-state index contributed by atoms with van der Waals surface area (Å²) in [5, 5.41) is 2.71. The Balaban J connectivity index is 2.42. The molecule has 4 heteroatoms. The minimum Gasteiger partial charge on any atom is -0.448 e. The zero-order valence-electron chi connectivity index (χ0n) is 8.57. The fraction of sp³-hybridized carbons (Fsp3) is 0.364. The second-order valence-electron chi connectivity index (χ2n) is 3.10. The minimum atomic E-state index is -0.438. The first kappa shape index (κ1) is 11.9. The minimum absolute atomic E-state index is 0.0611. The van der Waals surface area contributed by atoms with Gasteiger partial charge in [0.2, 0.25) is 0 Å². The smallest absolute Gasteiger partial charge is 0.407 e. The summed E-state index contributed by atoms with van der Waals surface area (Å²) in [6.45, 7) is 2.13. The molecule has 1 amide bonds. The van der Waals surface area contributed by atoms with Gasteiger partial charge in [0.15, 0.2) is 0 Å². The molecule has 0 aliphatic heterocycles. The lowest BCUT2D eigenvalue weighted by atomic mass is 10.1. The first-order valence-corrected chi connectivity index (χ1v) is 5.31. The standard InChI is InChI=1S/C11H14ClNO2/c1-9(10-5-3-2-4-6-10)13-11(14)15-8-7-12/h2-6,9H,7-8H2,1H3,(H,13,14).